The largest absolute Gasteiger partial charge is 0.488 e. The lowest BCUT2D eigenvalue weighted by Crippen LogP contribution is -2.33. The van der Waals surface area contributed by atoms with Crippen LogP contribution in [0.15, 0.2) is 12.1 Å². The molecule has 0 atom stereocenters. The fourth-order valence-corrected chi connectivity index (χ4v) is 1.48. The highest BCUT2D eigenvalue weighted by atomic mass is 16.5. The molecule has 15 heavy (non-hydrogen) atoms. The second-order valence-electron chi connectivity index (χ2n) is 3.39. The summed E-state index contributed by atoms with van der Waals surface area (Å²) in [6, 6.07) is 3.17. The minimum atomic E-state index is -1.57. The van der Waals surface area contributed by atoms with Gasteiger partial charge < -0.3 is 14.8 Å². The Labute approximate surface area is 88.6 Å². The molecular formula is C10H13BO4. The third-order valence-electron chi connectivity index (χ3n) is 2.30. The number of hydrogen-bond acceptors (Lipinski definition) is 4. The van der Waals surface area contributed by atoms with Crippen molar-refractivity contribution in [3.8, 4) is 0 Å². The first kappa shape index (κ1) is 11.7. The van der Waals surface area contributed by atoms with E-state index in [1.54, 1.807) is 19.9 Å². The fraction of sp³-hybridized carbons (Fsp3) is 0.300. The van der Waals surface area contributed by atoms with E-state index in [1.165, 1.54) is 13.2 Å². The smallest absolute Gasteiger partial charge is 0.465 e. The van der Waals surface area contributed by atoms with Gasteiger partial charge in [0.05, 0.1) is 12.7 Å². The van der Waals surface area contributed by atoms with Gasteiger partial charge >= 0.3 is 13.1 Å². The lowest BCUT2D eigenvalue weighted by Gasteiger charge is -2.10. The van der Waals surface area contributed by atoms with Gasteiger partial charge in [-0.2, -0.15) is 0 Å². The van der Waals surface area contributed by atoms with Crippen LogP contribution >= 0.6 is 0 Å². The maximum atomic E-state index is 11.3. The summed E-state index contributed by atoms with van der Waals surface area (Å²) >= 11 is 0. The maximum Gasteiger partial charge on any atom is 0.488 e. The minimum Gasteiger partial charge on any atom is -0.465 e. The molecule has 0 heterocycles. The number of benzene rings is 1. The van der Waals surface area contributed by atoms with Gasteiger partial charge in [0, 0.05) is 0 Å². The van der Waals surface area contributed by atoms with Crippen molar-refractivity contribution < 1.29 is 19.6 Å². The number of ether oxygens (including phenoxy) is 1. The van der Waals surface area contributed by atoms with E-state index < -0.39 is 13.1 Å². The predicted octanol–water partition coefficient (Wildman–Crippen LogP) is -0.230. The topological polar surface area (TPSA) is 66.8 Å². The van der Waals surface area contributed by atoms with E-state index in [-0.39, 0.29) is 0 Å². The van der Waals surface area contributed by atoms with Gasteiger partial charge in [0.25, 0.3) is 0 Å². The van der Waals surface area contributed by atoms with Crippen LogP contribution in [0.4, 0.5) is 0 Å². The Bertz CT molecular complexity index is 387. The Morgan fingerprint density at radius 1 is 1.27 bits per heavy atom. The highest BCUT2D eigenvalue weighted by Gasteiger charge is 2.18. The molecule has 0 radical (unpaired) electrons. The number of aryl methyl sites for hydroxylation is 2. The molecule has 0 aliphatic rings. The van der Waals surface area contributed by atoms with Crippen molar-refractivity contribution in [2.45, 2.75) is 13.8 Å². The number of methoxy groups -OCH3 is 1. The molecule has 0 bridgehead atoms. The normalized spacial score (nSPS) is 9.93. The third-order valence-corrected chi connectivity index (χ3v) is 2.30. The Morgan fingerprint density at radius 3 is 2.33 bits per heavy atom. The zero-order valence-electron chi connectivity index (χ0n) is 8.94. The van der Waals surface area contributed by atoms with Gasteiger partial charge in [0.15, 0.2) is 0 Å². The van der Waals surface area contributed by atoms with Gasteiger partial charge in [-0.15, -0.1) is 0 Å². The summed E-state index contributed by atoms with van der Waals surface area (Å²) in [5, 5.41) is 18.2. The van der Waals surface area contributed by atoms with Crippen LogP contribution in [0.1, 0.15) is 21.5 Å². The Balaban J connectivity index is 3.29. The Hall–Kier alpha value is -1.33. The molecule has 80 valence electrons. The van der Waals surface area contributed by atoms with E-state index in [2.05, 4.69) is 4.74 Å². The summed E-state index contributed by atoms with van der Waals surface area (Å²) < 4.78 is 4.59. The molecule has 0 unspecified atom stereocenters. The molecule has 0 amide bonds. The molecule has 1 aromatic rings. The number of carbonyl (C=O) groups excluding carboxylic acids is 1. The second kappa shape index (κ2) is 4.46. The van der Waals surface area contributed by atoms with Crippen LogP contribution in [-0.4, -0.2) is 30.2 Å². The molecule has 0 saturated carbocycles. The van der Waals surface area contributed by atoms with Crippen LogP contribution in [0.25, 0.3) is 0 Å². The van der Waals surface area contributed by atoms with Gasteiger partial charge in [-0.05, 0) is 30.9 Å². The van der Waals surface area contributed by atoms with E-state index in [1.807, 2.05) is 0 Å². The van der Waals surface area contributed by atoms with Crippen LogP contribution in [0.3, 0.4) is 0 Å². The second-order valence-corrected chi connectivity index (χ2v) is 3.39. The van der Waals surface area contributed by atoms with Crippen LogP contribution in [0.5, 0.6) is 0 Å². The van der Waals surface area contributed by atoms with Gasteiger partial charge in [0.1, 0.15) is 0 Å². The van der Waals surface area contributed by atoms with Crippen molar-refractivity contribution in [1.82, 2.24) is 0 Å². The van der Waals surface area contributed by atoms with Crippen molar-refractivity contribution in [2.24, 2.45) is 0 Å². The SMILES string of the molecule is COC(=O)c1cc(B(O)O)c(C)cc1C. The van der Waals surface area contributed by atoms with Crippen LogP contribution in [0, 0.1) is 13.8 Å². The molecule has 0 aliphatic heterocycles. The molecule has 0 saturated heterocycles. The molecule has 1 rings (SSSR count). The van der Waals surface area contributed by atoms with Gasteiger partial charge in [-0.3, -0.25) is 0 Å². The quantitative estimate of drug-likeness (QED) is 0.520. The van der Waals surface area contributed by atoms with Crippen LogP contribution in [0.2, 0.25) is 0 Å². The van der Waals surface area contributed by atoms with Crippen molar-refractivity contribution in [1.29, 1.82) is 0 Å². The van der Waals surface area contributed by atoms with Crippen molar-refractivity contribution >= 4 is 18.6 Å². The van der Waals surface area contributed by atoms with Crippen LogP contribution < -0.4 is 5.46 Å². The molecule has 0 aliphatic carbocycles. The molecular weight excluding hydrogens is 195 g/mol. The lowest BCUT2D eigenvalue weighted by molar-refractivity contribution is 0.0600. The summed E-state index contributed by atoms with van der Waals surface area (Å²) in [4.78, 5) is 11.3. The van der Waals surface area contributed by atoms with E-state index in [0.717, 1.165) is 11.1 Å². The monoisotopic (exact) mass is 208 g/mol. The zero-order chi connectivity index (χ0) is 11.6. The Kier molecular flexibility index (Phi) is 3.50. The molecule has 4 nitrogen and oxygen atoms in total. The molecule has 1 aromatic carbocycles. The van der Waals surface area contributed by atoms with Crippen molar-refractivity contribution in [3.05, 3.63) is 28.8 Å². The molecule has 0 aromatic heterocycles. The third kappa shape index (κ3) is 2.37. The fourth-order valence-electron chi connectivity index (χ4n) is 1.48. The zero-order valence-corrected chi connectivity index (χ0v) is 8.94. The predicted molar refractivity (Wildman–Crippen MR) is 57.1 cm³/mol. The maximum absolute atomic E-state index is 11.3. The number of rotatable bonds is 2. The first-order chi connectivity index (χ1) is 6.97. The molecule has 0 spiro atoms. The number of hydrogen-bond donors (Lipinski definition) is 2. The van der Waals surface area contributed by atoms with E-state index in [0.29, 0.717) is 11.0 Å². The summed E-state index contributed by atoms with van der Waals surface area (Å²) in [6.45, 7) is 3.52. The van der Waals surface area contributed by atoms with Gasteiger partial charge in [-0.25, -0.2) is 4.79 Å². The first-order valence-electron chi connectivity index (χ1n) is 4.53. The summed E-state index contributed by atoms with van der Waals surface area (Å²) in [7, 11) is -0.287. The van der Waals surface area contributed by atoms with E-state index in [9.17, 15) is 4.79 Å². The highest BCUT2D eigenvalue weighted by molar-refractivity contribution is 6.59. The average Bonchev–Trinajstić information content (AvgIpc) is 2.16. The van der Waals surface area contributed by atoms with E-state index >= 15 is 0 Å². The standard InChI is InChI=1S/C10H13BO4/c1-6-4-7(2)9(11(13)14)5-8(6)10(12)15-3/h4-5,13-14H,1-3H3. The molecule has 0 fully saturated rings. The summed E-state index contributed by atoms with van der Waals surface area (Å²) in [5.41, 5.74) is 2.16. The minimum absolute atomic E-state index is 0.320. The Morgan fingerprint density at radius 2 is 1.87 bits per heavy atom. The van der Waals surface area contributed by atoms with E-state index in [4.69, 9.17) is 10.0 Å². The van der Waals surface area contributed by atoms with Crippen LogP contribution in [-0.2, 0) is 4.74 Å². The number of esters is 1. The average molecular weight is 208 g/mol. The van der Waals surface area contributed by atoms with Crippen molar-refractivity contribution in [3.63, 3.8) is 0 Å². The molecule has 2 N–H and O–H groups in total. The summed E-state index contributed by atoms with van der Waals surface area (Å²) in [5.74, 6) is -0.477. The van der Waals surface area contributed by atoms with Gasteiger partial charge in [-0.1, -0.05) is 11.6 Å². The first-order valence-corrected chi connectivity index (χ1v) is 4.53. The lowest BCUT2D eigenvalue weighted by atomic mass is 9.76. The summed E-state index contributed by atoms with van der Waals surface area (Å²) in [6.07, 6.45) is 0. The van der Waals surface area contributed by atoms with Crippen molar-refractivity contribution in [2.75, 3.05) is 7.11 Å². The van der Waals surface area contributed by atoms with Gasteiger partial charge in [0.2, 0.25) is 0 Å². The number of carbonyl (C=O) groups is 1. The highest BCUT2D eigenvalue weighted by Crippen LogP contribution is 2.10. The molecule has 5 heteroatoms.